The van der Waals surface area contributed by atoms with Gasteiger partial charge in [-0.1, -0.05) is 12.1 Å². The van der Waals surface area contributed by atoms with Gasteiger partial charge in [0.25, 0.3) is 0 Å². The molecule has 1 aliphatic rings. The Kier molecular flexibility index (Phi) is 5.09. The number of carbonyl (C=O) groups is 1. The number of likely N-dealkylation sites (tertiary alicyclic amines) is 1. The third-order valence-electron chi connectivity index (χ3n) is 5.34. The molecule has 1 saturated heterocycles. The Morgan fingerprint density at radius 2 is 2.22 bits per heavy atom. The summed E-state index contributed by atoms with van der Waals surface area (Å²) in [4.78, 5) is 23.3. The lowest BCUT2D eigenvalue weighted by atomic mass is 9.98. The SMILES string of the molecule is Cn1c(CCNC(=O)N2CCC[C@H](Cn3ccnc3)C2)nc2ccccc21. The van der Waals surface area contributed by atoms with Gasteiger partial charge in [0.15, 0.2) is 0 Å². The third kappa shape index (κ3) is 3.97. The van der Waals surface area contributed by atoms with Crippen LogP contribution < -0.4 is 5.32 Å². The van der Waals surface area contributed by atoms with Crippen LogP contribution in [-0.4, -0.2) is 49.7 Å². The standard InChI is InChI=1S/C20H26N6O/c1-24-18-7-3-2-6-17(18)23-19(24)8-9-22-20(27)26-11-4-5-16(14-26)13-25-12-10-21-15-25/h2-3,6-7,10,12,15-16H,4-5,8-9,11,13-14H2,1H3,(H,22,27)/t16-/m1/s1. The summed E-state index contributed by atoms with van der Waals surface area (Å²) < 4.78 is 4.20. The molecule has 2 amide bonds. The molecule has 0 saturated carbocycles. The number of carbonyl (C=O) groups excluding carboxylic acids is 1. The van der Waals surface area contributed by atoms with Crippen LogP contribution in [0.5, 0.6) is 0 Å². The van der Waals surface area contributed by atoms with E-state index in [1.54, 1.807) is 6.20 Å². The maximum Gasteiger partial charge on any atom is 0.317 e. The lowest BCUT2D eigenvalue weighted by Crippen LogP contribution is -2.46. The highest BCUT2D eigenvalue weighted by atomic mass is 16.2. The van der Waals surface area contributed by atoms with Crippen molar-refractivity contribution in [3.63, 3.8) is 0 Å². The summed E-state index contributed by atoms with van der Waals surface area (Å²) in [5.41, 5.74) is 2.12. The Hall–Kier alpha value is -2.83. The van der Waals surface area contributed by atoms with Gasteiger partial charge in [-0.2, -0.15) is 0 Å². The summed E-state index contributed by atoms with van der Waals surface area (Å²) in [5, 5.41) is 3.07. The highest BCUT2D eigenvalue weighted by molar-refractivity contribution is 5.76. The minimum Gasteiger partial charge on any atom is -0.338 e. The lowest BCUT2D eigenvalue weighted by Gasteiger charge is -2.33. The summed E-state index contributed by atoms with van der Waals surface area (Å²) >= 11 is 0. The van der Waals surface area contributed by atoms with Crippen molar-refractivity contribution in [1.82, 2.24) is 29.3 Å². The number of urea groups is 1. The minimum absolute atomic E-state index is 0.0316. The number of hydrogen-bond acceptors (Lipinski definition) is 3. The number of rotatable bonds is 5. The zero-order valence-electron chi connectivity index (χ0n) is 15.7. The average Bonchev–Trinajstić information content (AvgIpc) is 3.30. The van der Waals surface area contributed by atoms with Gasteiger partial charge in [0, 0.05) is 52.0 Å². The van der Waals surface area contributed by atoms with Gasteiger partial charge in [-0.05, 0) is 30.9 Å². The molecule has 3 heterocycles. The number of nitrogens with zero attached hydrogens (tertiary/aromatic N) is 5. The van der Waals surface area contributed by atoms with Crippen LogP contribution >= 0.6 is 0 Å². The van der Waals surface area contributed by atoms with Crippen molar-refractivity contribution in [1.29, 1.82) is 0 Å². The molecule has 0 bridgehead atoms. The van der Waals surface area contributed by atoms with Crippen molar-refractivity contribution < 1.29 is 4.79 Å². The summed E-state index contributed by atoms with van der Waals surface area (Å²) in [5.74, 6) is 1.48. The zero-order valence-corrected chi connectivity index (χ0v) is 15.7. The normalized spacial score (nSPS) is 17.4. The number of aryl methyl sites for hydroxylation is 1. The van der Waals surface area contributed by atoms with Crippen molar-refractivity contribution in [2.45, 2.75) is 25.8 Å². The van der Waals surface area contributed by atoms with E-state index in [-0.39, 0.29) is 6.03 Å². The van der Waals surface area contributed by atoms with Crippen LogP contribution in [0.15, 0.2) is 43.0 Å². The number of para-hydroxylation sites is 2. The highest BCUT2D eigenvalue weighted by Crippen LogP contribution is 2.18. The van der Waals surface area contributed by atoms with Crippen molar-refractivity contribution in [2.24, 2.45) is 13.0 Å². The van der Waals surface area contributed by atoms with E-state index in [4.69, 9.17) is 0 Å². The molecule has 142 valence electrons. The van der Waals surface area contributed by atoms with Gasteiger partial charge in [0.05, 0.1) is 17.4 Å². The van der Waals surface area contributed by atoms with E-state index < -0.39 is 0 Å². The third-order valence-corrected chi connectivity index (χ3v) is 5.34. The van der Waals surface area contributed by atoms with Gasteiger partial charge in [-0.25, -0.2) is 14.8 Å². The molecule has 4 rings (SSSR count). The number of amides is 2. The molecule has 27 heavy (non-hydrogen) atoms. The van der Waals surface area contributed by atoms with E-state index >= 15 is 0 Å². The van der Waals surface area contributed by atoms with Gasteiger partial charge < -0.3 is 19.4 Å². The molecule has 1 aromatic carbocycles. The van der Waals surface area contributed by atoms with E-state index in [1.165, 1.54) is 0 Å². The quantitative estimate of drug-likeness (QED) is 0.754. The van der Waals surface area contributed by atoms with Crippen LogP contribution in [0.3, 0.4) is 0 Å². The van der Waals surface area contributed by atoms with Crippen LogP contribution in [0, 0.1) is 5.92 Å². The summed E-state index contributed by atoms with van der Waals surface area (Å²) in [6.45, 7) is 3.15. The first-order valence-electron chi connectivity index (χ1n) is 9.59. The Balaban J connectivity index is 1.29. The van der Waals surface area contributed by atoms with Crippen LogP contribution in [0.2, 0.25) is 0 Å². The molecule has 1 aliphatic heterocycles. The van der Waals surface area contributed by atoms with E-state index in [2.05, 4.69) is 30.5 Å². The van der Waals surface area contributed by atoms with Crippen LogP contribution in [0.1, 0.15) is 18.7 Å². The fourth-order valence-electron chi connectivity index (χ4n) is 3.90. The second-order valence-electron chi connectivity index (χ2n) is 7.27. The Morgan fingerprint density at radius 3 is 3.04 bits per heavy atom. The van der Waals surface area contributed by atoms with Crippen molar-refractivity contribution in [3.05, 3.63) is 48.8 Å². The second-order valence-corrected chi connectivity index (χ2v) is 7.27. The second kappa shape index (κ2) is 7.82. The molecule has 3 aromatic rings. The first kappa shape index (κ1) is 17.6. The maximum atomic E-state index is 12.6. The largest absolute Gasteiger partial charge is 0.338 e. The van der Waals surface area contributed by atoms with Crippen molar-refractivity contribution in [2.75, 3.05) is 19.6 Å². The van der Waals surface area contributed by atoms with E-state index in [0.29, 0.717) is 12.5 Å². The number of piperidine rings is 1. The lowest BCUT2D eigenvalue weighted by molar-refractivity contribution is 0.159. The minimum atomic E-state index is 0.0316. The van der Waals surface area contributed by atoms with Crippen LogP contribution in [0.25, 0.3) is 11.0 Å². The van der Waals surface area contributed by atoms with Crippen molar-refractivity contribution in [3.8, 4) is 0 Å². The molecule has 0 aliphatic carbocycles. The van der Waals surface area contributed by atoms with Crippen LogP contribution in [0.4, 0.5) is 4.79 Å². The number of hydrogen-bond donors (Lipinski definition) is 1. The maximum absolute atomic E-state index is 12.6. The van der Waals surface area contributed by atoms with Gasteiger partial charge in [0.2, 0.25) is 0 Å². The predicted molar refractivity (Wildman–Crippen MR) is 104 cm³/mol. The number of nitrogens with one attached hydrogen (secondary N) is 1. The van der Waals surface area contributed by atoms with E-state index in [9.17, 15) is 4.79 Å². The number of benzene rings is 1. The van der Waals surface area contributed by atoms with Crippen LogP contribution in [-0.2, 0) is 20.0 Å². The molecule has 0 spiro atoms. The highest BCUT2D eigenvalue weighted by Gasteiger charge is 2.23. The molecule has 0 radical (unpaired) electrons. The first-order chi connectivity index (χ1) is 13.2. The number of fused-ring (bicyclic) bond motifs is 1. The van der Waals surface area contributed by atoms with E-state index in [1.807, 2.05) is 42.7 Å². The van der Waals surface area contributed by atoms with Gasteiger partial charge in [-0.3, -0.25) is 0 Å². The van der Waals surface area contributed by atoms with Gasteiger partial charge in [-0.15, -0.1) is 0 Å². The summed E-state index contributed by atoms with van der Waals surface area (Å²) in [6.07, 6.45) is 8.56. The molecule has 1 atom stereocenters. The Bertz CT molecular complexity index is 900. The molecular weight excluding hydrogens is 340 g/mol. The summed E-state index contributed by atoms with van der Waals surface area (Å²) in [6, 6.07) is 8.14. The molecular formula is C20H26N6O. The number of imidazole rings is 2. The van der Waals surface area contributed by atoms with Gasteiger partial charge in [0.1, 0.15) is 5.82 Å². The average molecular weight is 366 g/mol. The first-order valence-corrected chi connectivity index (χ1v) is 9.59. The molecule has 1 N–H and O–H groups in total. The van der Waals surface area contributed by atoms with E-state index in [0.717, 1.165) is 55.8 Å². The predicted octanol–water partition coefficient (Wildman–Crippen LogP) is 2.43. The Morgan fingerprint density at radius 1 is 1.33 bits per heavy atom. The monoisotopic (exact) mass is 366 g/mol. The molecule has 0 unspecified atom stereocenters. The molecule has 2 aromatic heterocycles. The van der Waals surface area contributed by atoms with Crippen molar-refractivity contribution >= 4 is 17.1 Å². The fraction of sp³-hybridized carbons (Fsp3) is 0.450. The number of aromatic nitrogens is 4. The van der Waals surface area contributed by atoms with Gasteiger partial charge >= 0.3 is 6.03 Å². The Labute approximate surface area is 159 Å². The molecule has 1 fully saturated rings. The smallest absolute Gasteiger partial charge is 0.317 e. The topological polar surface area (TPSA) is 68.0 Å². The fourth-order valence-corrected chi connectivity index (χ4v) is 3.90. The molecule has 7 heteroatoms. The zero-order chi connectivity index (χ0) is 18.6. The summed E-state index contributed by atoms with van der Waals surface area (Å²) in [7, 11) is 2.03. The molecule has 7 nitrogen and oxygen atoms in total.